The molecule has 1 aromatic carbocycles. The van der Waals surface area contributed by atoms with Crippen LogP contribution in [0.1, 0.15) is 11.1 Å². The summed E-state index contributed by atoms with van der Waals surface area (Å²) in [5.74, 6) is 0. The van der Waals surface area contributed by atoms with Gasteiger partial charge < -0.3 is 5.73 Å². The fourth-order valence-corrected chi connectivity index (χ4v) is 1.88. The number of hydrogen-bond acceptors (Lipinski definition) is 2. The minimum absolute atomic E-state index is 0.819. The monoisotopic (exact) mass is 262 g/mol. The second-order valence-corrected chi connectivity index (χ2v) is 4.30. The molecule has 0 atom stereocenters. The zero-order chi connectivity index (χ0) is 10.7. The number of nitrogens with zero attached hydrogens (tertiary/aromatic N) is 1. The third kappa shape index (κ3) is 2.57. The minimum atomic E-state index is 0.819. The summed E-state index contributed by atoms with van der Waals surface area (Å²) < 4.78 is 0.995. The van der Waals surface area contributed by atoms with Crippen molar-refractivity contribution in [1.29, 1.82) is 0 Å². The van der Waals surface area contributed by atoms with E-state index in [1.807, 2.05) is 30.5 Å². The molecule has 0 unspecified atom stereocenters. The summed E-state index contributed by atoms with van der Waals surface area (Å²) in [6.07, 6.45) is 4.45. The molecule has 3 heteroatoms. The lowest BCUT2D eigenvalue weighted by molar-refractivity contribution is 1.14. The van der Waals surface area contributed by atoms with E-state index >= 15 is 0 Å². The van der Waals surface area contributed by atoms with Gasteiger partial charge in [0.15, 0.2) is 0 Å². The number of aromatic nitrogens is 1. The minimum Gasteiger partial charge on any atom is -0.398 e. The highest BCUT2D eigenvalue weighted by Crippen LogP contribution is 2.17. The molecule has 0 aliphatic carbocycles. The Balaban J connectivity index is 2.26. The molecule has 0 aliphatic rings. The van der Waals surface area contributed by atoms with E-state index in [-0.39, 0.29) is 0 Å². The molecule has 0 saturated heterocycles. The highest BCUT2D eigenvalue weighted by atomic mass is 79.9. The fourth-order valence-electron chi connectivity index (χ4n) is 1.47. The predicted molar refractivity (Wildman–Crippen MR) is 65.6 cm³/mol. The van der Waals surface area contributed by atoms with Gasteiger partial charge in [-0.05, 0) is 39.2 Å². The van der Waals surface area contributed by atoms with E-state index in [0.29, 0.717) is 0 Å². The lowest BCUT2D eigenvalue weighted by Gasteiger charge is -2.05. The zero-order valence-electron chi connectivity index (χ0n) is 8.15. The third-order valence-corrected chi connectivity index (χ3v) is 2.64. The maximum atomic E-state index is 5.87. The van der Waals surface area contributed by atoms with Gasteiger partial charge >= 0.3 is 0 Å². The van der Waals surface area contributed by atoms with E-state index in [1.54, 1.807) is 6.20 Å². The summed E-state index contributed by atoms with van der Waals surface area (Å²) in [6.45, 7) is 0. The van der Waals surface area contributed by atoms with Crippen LogP contribution in [-0.2, 0) is 6.42 Å². The molecule has 76 valence electrons. The highest BCUT2D eigenvalue weighted by Gasteiger charge is 2.00. The van der Waals surface area contributed by atoms with E-state index in [4.69, 9.17) is 5.73 Å². The lowest BCUT2D eigenvalue weighted by Crippen LogP contribution is -1.95. The van der Waals surface area contributed by atoms with Gasteiger partial charge in [0.2, 0.25) is 0 Å². The Kier molecular flexibility index (Phi) is 3.02. The van der Waals surface area contributed by atoms with E-state index in [0.717, 1.165) is 27.7 Å². The molecular weight excluding hydrogens is 252 g/mol. The van der Waals surface area contributed by atoms with Crippen LogP contribution in [0.4, 0.5) is 5.69 Å². The first-order chi connectivity index (χ1) is 7.25. The summed E-state index contributed by atoms with van der Waals surface area (Å²) >= 11 is 3.40. The quantitative estimate of drug-likeness (QED) is 0.846. The van der Waals surface area contributed by atoms with Crippen LogP contribution in [0.3, 0.4) is 0 Å². The first-order valence-electron chi connectivity index (χ1n) is 4.68. The number of nitrogens with two attached hydrogens (primary N) is 1. The third-order valence-electron chi connectivity index (χ3n) is 2.21. The number of pyridine rings is 1. The number of halogens is 1. The van der Waals surface area contributed by atoms with Crippen LogP contribution in [0.5, 0.6) is 0 Å². The van der Waals surface area contributed by atoms with Gasteiger partial charge in [-0.3, -0.25) is 4.98 Å². The van der Waals surface area contributed by atoms with Crippen molar-refractivity contribution in [2.24, 2.45) is 0 Å². The van der Waals surface area contributed by atoms with E-state index in [2.05, 4.69) is 27.0 Å². The molecule has 2 N–H and O–H groups in total. The second-order valence-electron chi connectivity index (χ2n) is 3.39. The maximum Gasteiger partial charge on any atom is 0.0410 e. The Morgan fingerprint density at radius 2 is 2.00 bits per heavy atom. The van der Waals surface area contributed by atoms with Gasteiger partial charge in [0.1, 0.15) is 0 Å². The van der Waals surface area contributed by atoms with Gasteiger partial charge in [0, 0.05) is 29.0 Å². The summed E-state index contributed by atoms with van der Waals surface area (Å²) in [5.41, 5.74) is 9.00. The van der Waals surface area contributed by atoms with Crippen molar-refractivity contribution >= 4 is 21.6 Å². The van der Waals surface area contributed by atoms with Gasteiger partial charge in [0.05, 0.1) is 0 Å². The Bertz CT molecular complexity index is 469. The molecule has 15 heavy (non-hydrogen) atoms. The second kappa shape index (κ2) is 4.45. The van der Waals surface area contributed by atoms with Crippen molar-refractivity contribution in [3.8, 4) is 0 Å². The maximum absolute atomic E-state index is 5.87. The first kappa shape index (κ1) is 10.2. The van der Waals surface area contributed by atoms with Crippen molar-refractivity contribution in [3.05, 3.63) is 58.3 Å². The van der Waals surface area contributed by atoms with E-state index < -0.39 is 0 Å². The van der Waals surface area contributed by atoms with E-state index in [1.165, 1.54) is 0 Å². The molecule has 2 nitrogen and oxygen atoms in total. The fraction of sp³-hybridized carbons (Fsp3) is 0.0833. The molecule has 0 spiro atoms. The molecule has 0 amide bonds. The normalized spacial score (nSPS) is 10.2. The summed E-state index contributed by atoms with van der Waals surface area (Å²) in [5, 5.41) is 0. The average molecular weight is 263 g/mol. The lowest BCUT2D eigenvalue weighted by atomic mass is 10.1. The molecule has 1 aromatic heterocycles. The van der Waals surface area contributed by atoms with Crippen molar-refractivity contribution < 1.29 is 0 Å². The van der Waals surface area contributed by atoms with E-state index in [9.17, 15) is 0 Å². The smallest absolute Gasteiger partial charge is 0.0410 e. The van der Waals surface area contributed by atoms with Crippen molar-refractivity contribution in [3.63, 3.8) is 0 Å². The first-order valence-corrected chi connectivity index (χ1v) is 5.48. The standard InChI is InChI=1S/C12H11BrN2/c13-11-6-9(7-15-8-11)5-10-3-1-2-4-12(10)14/h1-4,6-8H,5,14H2. The molecule has 1 heterocycles. The van der Waals surface area contributed by atoms with Crippen LogP contribution in [0.15, 0.2) is 47.2 Å². The number of benzene rings is 1. The molecule has 2 rings (SSSR count). The zero-order valence-corrected chi connectivity index (χ0v) is 9.74. The SMILES string of the molecule is Nc1ccccc1Cc1cncc(Br)c1. The van der Waals surface area contributed by atoms with Crippen LogP contribution in [0.25, 0.3) is 0 Å². The Hall–Kier alpha value is -1.35. The Labute approximate surface area is 97.3 Å². The van der Waals surface area contributed by atoms with Crippen LogP contribution in [0, 0.1) is 0 Å². The molecular formula is C12H11BrN2. The number of para-hydroxylation sites is 1. The Morgan fingerprint density at radius 3 is 2.73 bits per heavy atom. The molecule has 0 fully saturated rings. The van der Waals surface area contributed by atoms with Crippen LogP contribution < -0.4 is 5.73 Å². The number of nitrogen functional groups attached to an aromatic ring is 1. The molecule has 2 aromatic rings. The van der Waals surface area contributed by atoms with Gasteiger partial charge in [-0.1, -0.05) is 18.2 Å². The molecule has 0 radical (unpaired) electrons. The number of anilines is 1. The summed E-state index contributed by atoms with van der Waals surface area (Å²) in [6, 6.07) is 9.95. The topological polar surface area (TPSA) is 38.9 Å². The van der Waals surface area contributed by atoms with Gasteiger partial charge in [0.25, 0.3) is 0 Å². The Morgan fingerprint density at radius 1 is 1.20 bits per heavy atom. The number of rotatable bonds is 2. The highest BCUT2D eigenvalue weighted by molar-refractivity contribution is 9.10. The predicted octanol–water partition coefficient (Wildman–Crippen LogP) is 3.02. The molecule has 0 aliphatic heterocycles. The molecule has 0 bridgehead atoms. The molecule has 0 saturated carbocycles. The summed E-state index contributed by atoms with van der Waals surface area (Å²) in [7, 11) is 0. The largest absolute Gasteiger partial charge is 0.398 e. The van der Waals surface area contributed by atoms with Crippen LogP contribution in [-0.4, -0.2) is 4.98 Å². The summed E-state index contributed by atoms with van der Waals surface area (Å²) in [4.78, 5) is 4.12. The van der Waals surface area contributed by atoms with Gasteiger partial charge in [-0.25, -0.2) is 0 Å². The number of hydrogen-bond donors (Lipinski definition) is 1. The van der Waals surface area contributed by atoms with Crippen molar-refractivity contribution in [2.75, 3.05) is 5.73 Å². The van der Waals surface area contributed by atoms with Crippen molar-refractivity contribution in [2.45, 2.75) is 6.42 Å². The van der Waals surface area contributed by atoms with Crippen molar-refractivity contribution in [1.82, 2.24) is 4.98 Å². The van der Waals surface area contributed by atoms with Gasteiger partial charge in [-0.2, -0.15) is 0 Å². The van der Waals surface area contributed by atoms with Crippen LogP contribution in [0.2, 0.25) is 0 Å². The average Bonchev–Trinajstić information content (AvgIpc) is 2.22. The van der Waals surface area contributed by atoms with Gasteiger partial charge in [-0.15, -0.1) is 0 Å². The van der Waals surface area contributed by atoms with Crippen LogP contribution >= 0.6 is 15.9 Å².